The number of nitrogens with zero attached hydrogens (tertiary/aromatic N) is 2. The van der Waals surface area contributed by atoms with Gasteiger partial charge in [0.1, 0.15) is 0 Å². The summed E-state index contributed by atoms with van der Waals surface area (Å²) in [6, 6.07) is 4.23. The lowest BCUT2D eigenvalue weighted by atomic mass is 10.1. The van der Waals surface area contributed by atoms with Crippen LogP contribution in [0.2, 0.25) is 0 Å². The normalized spacial score (nSPS) is 23.6. The van der Waals surface area contributed by atoms with E-state index < -0.39 is 35.1 Å². The summed E-state index contributed by atoms with van der Waals surface area (Å²) in [6.07, 6.45) is -4.31. The summed E-state index contributed by atoms with van der Waals surface area (Å²) in [6.45, 7) is 0.389. The second-order valence-electron chi connectivity index (χ2n) is 6.52. The molecule has 2 atom stereocenters. The summed E-state index contributed by atoms with van der Waals surface area (Å²) in [4.78, 5) is 38.3. The number of carbonyl (C=O) groups excluding carboxylic acids is 2. The Morgan fingerprint density at radius 1 is 1.15 bits per heavy atom. The first-order valence-electron chi connectivity index (χ1n) is 8.16. The van der Waals surface area contributed by atoms with Crippen molar-refractivity contribution in [3.05, 3.63) is 35.4 Å². The van der Waals surface area contributed by atoms with Gasteiger partial charge in [-0.3, -0.25) is 14.4 Å². The summed E-state index contributed by atoms with van der Waals surface area (Å²) >= 11 is 0. The van der Waals surface area contributed by atoms with Crippen LogP contribution in [0.4, 0.5) is 13.2 Å². The van der Waals surface area contributed by atoms with Gasteiger partial charge in [-0.25, -0.2) is 0 Å². The largest absolute Gasteiger partial charge is 0.481 e. The van der Waals surface area contributed by atoms with Crippen LogP contribution in [0.1, 0.15) is 28.8 Å². The quantitative estimate of drug-likeness (QED) is 0.881. The minimum Gasteiger partial charge on any atom is -0.481 e. The first kappa shape index (κ1) is 18.2. The summed E-state index contributed by atoms with van der Waals surface area (Å²) in [5.74, 6) is -2.86. The minimum absolute atomic E-state index is 0.0694. The highest BCUT2D eigenvalue weighted by atomic mass is 19.4. The molecule has 2 aliphatic heterocycles. The Hall–Kier alpha value is -2.58. The van der Waals surface area contributed by atoms with Gasteiger partial charge < -0.3 is 14.9 Å². The second kappa shape index (κ2) is 6.62. The summed E-state index contributed by atoms with van der Waals surface area (Å²) in [7, 11) is 0. The molecular weight excluding hydrogens is 353 g/mol. The second-order valence-corrected chi connectivity index (χ2v) is 6.52. The summed E-state index contributed by atoms with van der Waals surface area (Å²) in [5, 5.41) is 9.04. The SMILES string of the molecule is O=C(O)C1CC(=O)N(C2CCN(C(=O)c3ccccc3C(F)(F)F)C2)C1. The Morgan fingerprint density at radius 3 is 2.46 bits per heavy atom. The highest BCUT2D eigenvalue weighted by molar-refractivity contribution is 5.96. The highest BCUT2D eigenvalue weighted by Gasteiger charge is 2.42. The van der Waals surface area contributed by atoms with Gasteiger partial charge in [-0.05, 0) is 18.6 Å². The number of likely N-dealkylation sites (tertiary alicyclic amines) is 2. The minimum atomic E-state index is -4.63. The average molecular weight is 370 g/mol. The smallest absolute Gasteiger partial charge is 0.417 e. The predicted molar refractivity (Wildman–Crippen MR) is 83.2 cm³/mol. The molecule has 2 unspecified atom stereocenters. The molecule has 2 heterocycles. The van der Waals surface area contributed by atoms with Crippen LogP contribution < -0.4 is 0 Å². The molecule has 1 N–H and O–H groups in total. The molecule has 2 amide bonds. The van der Waals surface area contributed by atoms with E-state index in [9.17, 15) is 27.6 Å². The number of hydrogen-bond acceptors (Lipinski definition) is 3. The number of alkyl halides is 3. The number of amides is 2. The van der Waals surface area contributed by atoms with Crippen molar-refractivity contribution >= 4 is 17.8 Å². The zero-order chi connectivity index (χ0) is 19.1. The van der Waals surface area contributed by atoms with Crippen LogP contribution in [0, 0.1) is 5.92 Å². The molecule has 26 heavy (non-hydrogen) atoms. The molecule has 3 rings (SSSR count). The first-order chi connectivity index (χ1) is 12.2. The molecule has 9 heteroatoms. The number of carboxylic acids is 1. The number of rotatable bonds is 3. The highest BCUT2D eigenvalue weighted by Crippen LogP contribution is 2.33. The maximum Gasteiger partial charge on any atom is 0.417 e. The van der Waals surface area contributed by atoms with Gasteiger partial charge in [0, 0.05) is 26.1 Å². The predicted octanol–water partition coefficient (Wildman–Crippen LogP) is 1.85. The third-order valence-electron chi connectivity index (χ3n) is 4.86. The van der Waals surface area contributed by atoms with Crippen LogP contribution in [-0.2, 0) is 15.8 Å². The van der Waals surface area contributed by atoms with Crippen molar-refractivity contribution in [1.29, 1.82) is 0 Å². The van der Waals surface area contributed by atoms with Crippen LogP contribution in [0.15, 0.2) is 24.3 Å². The molecule has 6 nitrogen and oxygen atoms in total. The molecule has 0 aromatic heterocycles. The van der Waals surface area contributed by atoms with Crippen molar-refractivity contribution in [3.63, 3.8) is 0 Å². The molecule has 2 aliphatic rings. The number of carbonyl (C=O) groups is 3. The molecule has 0 bridgehead atoms. The van der Waals surface area contributed by atoms with E-state index in [-0.39, 0.29) is 38.0 Å². The number of halogens is 3. The first-order valence-corrected chi connectivity index (χ1v) is 8.16. The third kappa shape index (κ3) is 3.38. The monoisotopic (exact) mass is 370 g/mol. The number of benzene rings is 1. The third-order valence-corrected chi connectivity index (χ3v) is 4.86. The van der Waals surface area contributed by atoms with Gasteiger partial charge in [-0.15, -0.1) is 0 Å². The van der Waals surface area contributed by atoms with Gasteiger partial charge in [-0.1, -0.05) is 12.1 Å². The van der Waals surface area contributed by atoms with Gasteiger partial charge in [0.15, 0.2) is 0 Å². The number of aliphatic carboxylic acids is 1. The molecule has 2 saturated heterocycles. The maximum atomic E-state index is 13.1. The lowest BCUT2D eigenvalue weighted by Crippen LogP contribution is -2.40. The maximum absolute atomic E-state index is 13.1. The Labute approximate surface area is 147 Å². The zero-order valence-electron chi connectivity index (χ0n) is 13.7. The van der Waals surface area contributed by atoms with Crippen LogP contribution >= 0.6 is 0 Å². The fraction of sp³-hybridized carbons (Fsp3) is 0.471. The van der Waals surface area contributed by atoms with E-state index in [1.54, 1.807) is 0 Å². The molecule has 140 valence electrons. The number of carboxylic acid groups (broad SMARTS) is 1. The van der Waals surface area contributed by atoms with Crippen LogP contribution in [0.3, 0.4) is 0 Å². The van der Waals surface area contributed by atoms with Gasteiger partial charge >= 0.3 is 12.1 Å². The van der Waals surface area contributed by atoms with Crippen molar-refractivity contribution in [2.75, 3.05) is 19.6 Å². The molecule has 0 radical (unpaired) electrons. The van der Waals surface area contributed by atoms with Crippen LogP contribution in [0.25, 0.3) is 0 Å². The Balaban J connectivity index is 1.73. The summed E-state index contributed by atoms with van der Waals surface area (Å²) in [5.41, 5.74) is -1.41. The van der Waals surface area contributed by atoms with Crippen molar-refractivity contribution in [3.8, 4) is 0 Å². The molecule has 1 aromatic rings. The van der Waals surface area contributed by atoms with Crippen molar-refractivity contribution in [2.45, 2.75) is 25.1 Å². The van der Waals surface area contributed by atoms with E-state index in [1.165, 1.54) is 21.9 Å². The lowest BCUT2D eigenvalue weighted by molar-refractivity contribution is -0.141. The summed E-state index contributed by atoms with van der Waals surface area (Å²) < 4.78 is 39.3. The Bertz CT molecular complexity index is 750. The van der Waals surface area contributed by atoms with Gasteiger partial charge in [0.2, 0.25) is 5.91 Å². The van der Waals surface area contributed by atoms with Crippen molar-refractivity contribution in [2.24, 2.45) is 5.92 Å². The molecule has 0 spiro atoms. The van der Waals surface area contributed by atoms with E-state index >= 15 is 0 Å². The zero-order valence-corrected chi connectivity index (χ0v) is 13.7. The molecular formula is C17H17F3N2O4. The van der Waals surface area contributed by atoms with Gasteiger partial charge in [0.05, 0.1) is 23.1 Å². The van der Waals surface area contributed by atoms with E-state index in [4.69, 9.17) is 5.11 Å². The fourth-order valence-corrected chi connectivity index (χ4v) is 3.52. The molecule has 2 fully saturated rings. The van der Waals surface area contributed by atoms with Gasteiger partial charge in [0.25, 0.3) is 5.91 Å². The molecule has 1 aromatic carbocycles. The fourth-order valence-electron chi connectivity index (χ4n) is 3.52. The topological polar surface area (TPSA) is 77.9 Å². The number of hydrogen-bond donors (Lipinski definition) is 1. The molecule has 0 saturated carbocycles. The molecule has 0 aliphatic carbocycles. The van der Waals surface area contributed by atoms with Gasteiger partial charge in [-0.2, -0.15) is 13.2 Å². The van der Waals surface area contributed by atoms with E-state index in [2.05, 4.69) is 0 Å². The van der Waals surface area contributed by atoms with E-state index in [0.29, 0.717) is 6.42 Å². The lowest BCUT2D eigenvalue weighted by Gasteiger charge is -2.25. The van der Waals surface area contributed by atoms with Crippen LogP contribution in [-0.4, -0.2) is 58.4 Å². The van der Waals surface area contributed by atoms with Crippen molar-refractivity contribution in [1.82, 2.24) is 9.80 Å². The van der Waals surface area contributed by atoms with E-state index in [1.807, 2.05) is 0 Å². The Kier molecular flexibility index (Phi) is 4.64. The Morgan fingerprint density at radius 2 is 1.85 bits per heavy atom. The standard InChI is InChI=1S/C17H17F3N2O4/c18-17(19,20)13-4-2-1-3-12(13)15(24)21-6-5-11(9-21)22-8-10(16(25)26)7-14(22)23/h1-4,10-11H,5-9H2,(H,25,26). The van der Waals surface area contributed by atoms with Crippen molar-refractivity contribution < 1.29 is 32.7 Å². The average Bonchev–Trinajstić information content (AvgIpc) is 3.20. The van der Waals surface area contributed by atoms with E-state index in [0.717, 1.165) is 12.1 Å². The van der Waals surface area contributed by atoms with Crippen LogP contribution in [0.5, 0.6) is 0 Å².